The molecule has 0 radical (unpaired) electrons. The van der Waals surface area contributed by atoms with Crippen molar-refractivity contribution in [1.29, 1.82) is 0 Å². The van der Waals surface area contributed by atoms with Gasteiger partial charge in [-0.3, -0.25) is 0 Å². The Hall–Kier alpha value is 0.720. The highest BCUT2D eigenvalue weighted by Crippen LogP contribution is 2.42. The van der Waals surface area contributed by atoms with Crippen molar-refractivity contribution in [2.24, 2.45) is 0 Å². The molecule has 12 heavy (non-hydrogen) atoms. The smallest absolute Gasteiger partial charge is 0.00973 e. The van der Waals surface area contributed by atoms with Crippen LogP contribution in [0.3, 0.4) is 0 Å². The molecule has 0 atom stereocenters. The summed E-state index contributed by atoms with van der Waals surface area (Å²) in [4.78, 5) is 0. The van der Waals surface area contributed by atoms with Crippen LogP contribution in [0.1, 0.15) is 52.4 Å². The Labute approximate surface area is 83.6 Å². The molecule has 0 rings (SSSR count). The summed E-state index contributed by atoms with van der Waals surface area (Å²) >= 11 is 6.22. The minimum absolute atomic E-state index is 0.132. The van der Waals surface area contributed by atoms with Crippen LogP contribution in [0.4, 0.5) is 0 Å². The van der Waals surface area contributed by atoms with Crippen LogP contribution in [0.5, 0.6) is 0 Å². The Morgan fingerprint density at radius 1 is 0.833 bits per heavy atom. The van der Waals surface area contributed by atoms with Gasteiger partial charge in [0.15, 0.2) is 0 Å². The highest BCUT2D eigenvalue weighted by Gasteiger charge is 2.02. The Morgan fingerprint density at radius 3 is 1.58 bits per heavy atom. The van der Waals surface area contributed by atoms with Crippen molar-refractivity contribution in [2.75, 3.05) is 12.3 Å². The molecule has 0 aromatic carbocycles. The maximum Gasteiger partial charge on any atom is -0.00973 e. The highest BCUT2D eigenvalue weighted by atomic mass is 35.7. The summed E-state index contributed by atoms with van der Waals surface area (Å²) in [7, 11) is -0.132. The third kappa shape index (κ3) is 8.81. The third-order valence-corrected chi connectivity index (χ3v) is 4.63. The molecule has 0 aromatic rings. The van der Waals surface area contributed by atoms with E-state index in [-0.39, 0.29) is 7.27 Å². The van der Waals surface area contributed by atoms with Gasteiger partial charge in [0, 0.05) is 0 Å². The van der Waals surface area contributed by atoms with Crippen molar-refractivity contribution in [3.8, 4) is 0 Å². The second-order valence-corrected chi connectivity index (χ2v) is 6.58. The standard InChI is InChI=1S/C10H22ClP/c1-3-5-7-9-12(11)10-8-6-4-2/h3-10H2,1-2H3. The molecule has 74 valence electrons. The molecular weight excluding hydrogens is 187 g/mol. The maximum atomic E-state index is 6.22. The van der Waals surface area contributed by atoms with E-state index in [0.29, 0.717) is 0 Å². The van der Waals surface area contributed by atoms with Gasteiger partial charge in [-0.05, 0) is 32.4 Å². The first kappa shape index (κ1) is 12.7. The van der Waals surface area contributed by atoms with Crippen LogP contribution in [0.15, 0.2) is 0 Å². The fourth-order valence-electron chi connectivity index (χ4n) is 1.18. The van der Waals surface area contributed by atoms with Crippen LogP contribution >= 0.6 is 18.5 Å². The normalized spacial score (nSPS) is 11.0. The number of rotatable bonds is 8. The van der Waals surface area contributed by atoms with E-state index in [1.54, 1.807) is 0 Å². The van der Waals surface area contributed by atoms with Crippen LogP contribution in [0.25, 0.3) is 0 Å². The predicted octanol–water partition coefficient (Wildman–Crippen LogP) is 5.00. The van der Waals surface area contributed by atoms with Gasteiger partial charge in [-0.2, -0.15) is 0 Å². The van der Waals surface area contributed by atoms with Gasteiger partial charge in [-0.15, -0.1) is 0 Å². The molecule has 0 aliphatic carbocycles. The third-order valence-electron chi connectivity index (χ3n) is 2.01. The van der Waals surface area contributed by atoms with E-state index in [1.807, 2.05) is 0 Å². The van der Waals surface area contributed by atoms with Gasteiger partial charge in [0.2, 0.25) is 0 Å². The zero-order valence-electron chi connectivity index (χ0n) is 8.48. The van der Waals surface area contributed by atoms with Gasteiger partial charge in [-0.25, -0.2) is 0 Å². The largest absolute Gasteiger partial charge is 0.0964 e. The molecule has 0 N–H and O–H groups in total. The van der Waals surface area contributed by atoms with E-state index in [0.717, 1.165) is 0 Å². The van der Waals surface area contributed by atoms with E-state index >= 15 is 0 Å². The monoisotopic (exact) mass is 208 g/mol. The summed E-state index contributed by atoms with van der Waals surface area (Å²) in [5, 5.41) is 0. The number of hydrogen-bond donors (Lipinski definition) is 0. The van der Waals surface area contributed by atoms with Gasteiger partial charge in [0.05, 0.1) is 0 Å². The molecule has 0 amide bonds. The maximum absolute atomic E-state index is 6.22. The van der Waals surface area contributed by atoms with Crippen molar-refractivity contribution in [1.82, 2.24) is 0 Å². The number of hydrogen-bond acceptors (Lipinski definition) is 0. The fourth-order valence-corrected chi connectivity index (χ4v) is 3.25. The molecule has 0 nitrogen and oxygen atoms in total. The summed E-state index contributed by atoms with van der Waals surface area (Å²) in [6.45, 7) is 4.49. The summed E-state index contributed by atoms with van der Waals surface area (Å²) in [6.07, 6.45) is 10.6. The molecule has 0 saturated carbocycles. The predicted molar refractivity (Wildman–Crippen MR) is 61.6 cm³/mol. The Bertz CT molecular complexity index is 75.9. The van der Waals surface area contributed by atoms with Gasteiger partial charge in [0.1, 0.15) is 0 Å². The lowest BCUT2D eigenvalue weighted by Gasteiger charge is -2.07. The van der Waals surface area contributed by atoms with Crippen molar-refractivity contribution in [3.63, 3.8) is 0 Å². The average Bonchev–Trinajstić information content (AvgIpc) is 2.06. The summed E-state index contributed by atoms with van der Waals surface area (Å²) in [6, 6.07) is 0. The van der Waals surface area contributed by atoms with Crippen molar-refractivity contribution in [2.45, 2.75) is 52.4 Å². The molecule has 0 bridgehead atoms. The molecular formula is C10H22ClP. The lowest BCUT2D eigenvalue weighted by atomic mass is 10.3. The molecule has 2 heteroatoms. The Kier molecular flexibility index (Phi) is 10.4. The highest BCUT2D eigenvalue weighted by molar-refractivity contribution is 7.83. The Morgan fingerprint density at radius 2 is 1.25 bits per heavy atom. The average molecular weight is 209 g/mol. The van der Waals surface area contributed by atoms with Crippen LogP contribution in [0.2, 0.25) is 0 Å². The van der Waals surface area contributed by atoms with E-state index in [4.69, 9.17) is 11.2 Å². The zero-order chi connectivity index (χ0) is 9.23. The van der Waals surface area contributed by atoms with Crippen molar-refractivity contribution >= 4 is 18.5 Å². The number of unbranched alkanes of at least 4 members (excludes halogenated alkanes) is 4. The molecule has 0 unspecified atom stereocenters. The van der Waals surface area contributed by atoms with Crippen molar-refractivity contribution < 1.29 is 0 Å². The SMILES string of the molecule is CCCCCP(Cl)CCCCC. The minimum atomic E-state index is -0.132. The first-order valence-electron chi connectivity index (χ1n) is 5.22. The lowest BCUT2D eigenvalue weighted by molar-refractivity contribution is 0.764. The molecule has 0 saturated heterocycles. The molecule has 0 heterocycles. The van der Waals surface area contributed by atoms with Gasteiger partial charge in [-0.1, -0.05) is 50.8 Å². The zero-order valence-corrected chi connectivity index (χ0v) is 10.1. The van der Waals surface area contributed by atoms with E-state index < -0.39 is 0 Å². The molecule has 0 spiro atoms. The van der Waals surface area contributed by atoms with Gasteiger partial charge in [0.25, 0.3) is 0 Å². The quantitative estimate of drug-likeness (QED) is 0.389. The summed E-state index contributed by atoms with van der Waals surface area (Å²) < 4.78 is 0. The van der Waals surface area contributed by atoms with Gasteiger partial charge >= 0.3 is 0 Å². The first-order chi connectivity index (χ1) is 5.81. The molecule has 0 aliphatic rings. The topological polar surface area (TPSA) is 0 Å². The Balaban J connectivity index is 3.04. The van der Waals surface area contributed by atoms with Crippen LogP contribution in [0, 0.1) is 0 Å². The second-order valence-electron chi connectivity index (χ2n) is 3.32. The second kappa shape index (κ2) is 9.81. The first-order valence-corrected chi connectivity index (χ1v) is 7.83. The van der Waals surface area contributed by atoms with Gasteiger partial charge < -0.3 is 0 Å². The molecule has 0 aromatic heterocycles. The van der Waals surface area contributed by atoms with E-state index in [2.05, 4.69) is 13.8 Å². The fraction of sp³-hybridized carbons (Fsp3) is 1.00. The lowest BCUT2D eigenvalue weighted by Crippen LogP contribution is -1.86. The van der Waals surface area contributed by atoms with Crippen LogP contribution in [-0.4, -0.2) is 12.3 Å². The van der Waals surface area contributed by atoms with E-state index in [1.165, 1.54) is 50.8 Å². The summed E-state index contributed by atoms with van der Waals surface area (Å²) in [5.74, 6) is 0. The van der Waals surface area contributed by atoms with Crippen LogP contribution in [-0.2, 0) is 0 Å². The van der Waals surface area contributed by atoms with Crippen LogP contribution < -0.4 is 0 Å². The number of halogens is 1. The molecule has 0 aliphatic heterocycles. The molecule has 0 fully saturated rings. The van der Waals surface area contributed by atoms with Crippen molar-refractivity contribution in [3.05, 3.63) is 0 Å². The summed E-state index contributed by atoms with van der Waals surface area (Å²) in [5.41, 5.74) is 0. The van der Waals surface area contributed by atoms with E-state index in [9.17, 15) is 0 Å². The minimum Gasteiger partial charge on any atom is -0.0964 e.